The Labute approximate surface area is 153 Å². The predicted octanol–water partition coefficient (Wildman–Crippen LogP) is 0.489. The summed E-state index contributed by atoms with van der Waals surface area (Å²) in [6, 6.07) is 5.66. The van der Waals surface area contributed by atoms with Crippen molar-refractivity contribution in [2.24, 2.45) is 0 Å². The Morgan fingerprint density at radius 3 is 2.46 bits per heavy atom. The van der Waals surface area contributed by atoms with Crippen LogP contribution in [0.5, 0.6) is 5.75 Å². The van der Waals surface area contributed by atoms with Crippen LogP contribution in [0.25, 0.3) is 0 Å². The van der Waals surface area contributed by atoms with Gasteiger partial charge in [-0.2, -0.15) is 4.31 Å². The zero-order valence-electron chi connectivity index (χ0n) is 15.2. The number of nitrogens with one attached hydrogen (secondary N) is 2. The van der Waals surface area contributed by atoms with E-state index < -0.39 is 21.8 Å². The molecule has 1 heterocycles. The predicted molar refractivity (Wildman–Crippen MR) is 96.2 cm³/mol. The molecule has 0 saturated carbocycles. The molecule has 0 unspecified atom stereocenters. The summed E-state index contributed by atoms with van der Waals surface area (Å²) < 4.78 is 32.2. The second-order valence-corrected chi connectivity index (χ2v) is 8.32. The average molecular weight is 383 g/mol. The smallest absolute Gasteiger partial charge is 0.309 e. The van der Waals surface area contributed by atoms with Crippen molar-refractivity contribution in [3.05, 3.63) is 24.3 Å². The maximum absolute atomic E-state index is 12.9. The van der Waals surface area contributed by atoms with Crippen molar-refractivity contribution in [3.63, 3.8) is 0 Å². The SMILES string of the molecule is COc1ccc(S(=O)(=O)N2CCC[C@H]2CNC(=O)C(=O)NC(C)C)cc1. The van der Waals surface area contributed by atoms with Crippen LogP contribution in [0, 0.1) is 0 Å². The summed E-state index contributed by atoms with van der Waals surface area (Å²) in [5, 5.41) is 5.03. The molecular formula is C17H25N3O5S. The summed E-state index contributed by atoms with van der Waals surface area (Å²) in [4.78, 5) is 23.7. The number of amides is 2. The molecule has 9 heteroatoms. The molecule has 0 aliphatic carbocycles. The molecule has 1 saturated heterocycles. The first-order valence-electron chi connectivity index (χ1n) is 8.50. The van der Waals surface area contributed by atoms with Crippen LogP contribution in [-0.2, 0) is 19.6 Å². The molecule has 1 aromatic rings. The number of methoxy groups -OCH3 is 1. The Morgan fingerprint density at radius 1 is 1.23 bits per heavy atom. The summed E-state index contributed by atoms with van der Waals surface area (Å²) >= 11 is 0. The molecule has 0 bridgehead atoms. The number of carbonyl (C=O) groups excluding carboxylic acids is 2. The summed E-state index contributed by atoms with van der Waals surface area (Å²) in [6.07, 6.45) is 1.33. The summed E-state index contributed by atoms with van der Waals surface area (Å²) in [5.41, 5.74) is 0. The molecule has 2 amide bonds. The quantitative estimate of drug-likeness (QED) is 0.696. The summed E-state index contributed by atoms with van der Waals surface area (Å²) in [5.74, 6) is -0.902. The highest BCUT2D eigenvalue weighted by Crippen LogP contribution is 2.26. The first kappa shape index (κ1) is 20.2. The van der Waals surface area contributed by atoms with E-state index in [4.69, 9.17) is 4.74 Å². The normalized spacial score (nSPS) is 17.9. The molecule has 1 atom stereocenters. The minimum atomic E-state index is -3.67. The molecule has 8 nitrogen and oxygen atoms in total. The average Bonchev–Trinajstić information content (AvgIpc) is 3.08. The Balaban J connectivity index is 2.04. The van der Waals surface area contributed by atoms with Gasteiger partial charge in [0.25, 0.3) is 0 Å². The van der Waals surface area contributed by atoms with E-state index >= 15 is 0 Å². The van der Waals surface area contributed by atoms with Crippen molar-refractivity contribution >= 4 is 21.8 Å². The van der Waals surface area contributed by atoms with Crippen molar-refractivity contribution in [2.75, 3.05) is 20.2 Å². The van der Waals surface area contributed by atoms with Crippen LogP contribution in [0.1, 0.15) is 26.7 Å². The second-order valence-electron chi connectivity index (χ2n) is 6.43. The highest BCUT2D eigenvalue weighted by Gasteiger charge is 2.35. The van der Waals surface area contributed by atoms with Gasteiger partial charge >= 0.3 is 11.8 Å². The lowest BCUT2D eigenvalue weighted by atomic mass is 10.2. The van der Waals surface area contributed by atoms with Gasteiger partial charge in [0.05, 0.1) is 12.0 Å². The lowest BCUT2D eigenvalue weighted by Gasteiger charge is -2.24. The summed E-state index contributed by atoms with van der Waals surface area (Å²) in [7, 11) is -2.16. The van der Waals surface area contributed by atoms with Crippen molar-refractivity contribution in [2.45, 2.75) is 43.7 Å². The van der Waals surface area contributed by atoms with E-state index in [0.29, 0.717) is 25.1 Å². The van der Waals surface area contributed by atoms with Crippen LogP contribution in [0.4, 0.5) is 0 Å². The minimum absolute atomic E-state index is 0.0970. The van der Waals surface area contributed by atoms with Gasteiger partial charge < -0.3 is 15.4 Å². The fourth-order valence-electron chi connectivity index (χ4n) is 2.83. The van der Waals surface area contributed by atoms with E-state index in [1.54, 1.807) is 26.0 Å². The minimum Gasteiger partial charge on any atom is -0.497 e. The number of hydrogen-bond donors (Lipinski definition) is 2. The standard InChI is InChI=1S/C17H25N3O5S/c1-12(2)19-17(22)16(21)18-11-13-5-4-10-20(13)26(23,24)15-8-6-14(25-3)7-9-15/h6-9,12-13H,4-5,10-11H2,1-3H3,(H,18,21)(H,19,22)/t13-/m0/s1. The fraction of sp³-hybridized carbons (Fsp3) is 0.529. The molecule has 144 valence electrons. The Morgan fingerprint density at radius 2 is 1.88 bits per heavy atom. The van der Waals surface area contributed by atoms with Gasteiger partial charge in [-0.25, -0.2) is 8.42 Å². The Bertz CT molecular complexity index is 746. The van der Waals surface area contributed by atoms with Gasteiger partial charge in [-0.3, -0.25) is 9.59 Å². The molecule has 0 radical (unpaired) electrons. The lowest BCUT2D eigenvalue weighted by molar-refractivity contribution is -0.139. The highest BCUT2D eigenvalue weighted by atomic mass is 32.2. The Kier molecular flexibility index (Phi) is 6.60. The van der Waals surface area contributed by atoms with Gasteiger partial charge in [-0.1, -0.05) is 0 Å². The second kappa shape index (κ2) is 8.50. The Hall–Kier alpha value is -2.13. The van der Waals surface area contributed by atoms with E-state index in [-0.39, 0.29) is 23.5 Å². The van der Waals surface area contributed by atoms with Crippen molar-refractivity contribution in [1.82, 2.24) is 14.9 Å². The molecule has 0 spiro atoms. The molecule has 2 N–H and O–H groups in total. The van der Waals surface area contributed by atoms with E-state index in [1.807, 2.05) is 0 Å². The van der Waals surface area contributed by atoms with E-state index in [1.165, 1.54) is 23.5 Å². The number of rotatable bonds is 6. The molecule has 1 fully saturated rings. The largest absolute Gasteiger partial charge is 0.497 e. The zero-order chi connectivity index (χ0) is 19.3. The third kappa shape index (κ3) is 4.73. The van der Waals surface area contributed by atoms with Crippen molar-refractivity contribution in [1.29, 1.82) is 0 Å². The molecule has 26 heavy (non-hydrogen) atoms. The van der Waals surface area contributed by atoms with Gasteiger partial charge in [-0.05, 0) is 51.0 Å². The number of benzene rings is 1. The van der Waals surface area contributed by atoms with Gasteiger partial charge in [0.1, 0.15) is 5.75 Å². The topological polar surface area (TPSA) is 105 Å². The lowest BCUT2D eigenvalue weighted by Crippen LogP contribution is -2.48. The molecule has 0 aromatic heterocycles. The summed E-state index contributed by atoms with van der Waals surface area (Å²) in [6.45, 7) is 3.99. The molecule has 1 aliphatic rings. The van der Waals surface area contributed by atoms with Crippen molar-refractivity contribution < 1.29 is 22.7 Å². The first-order valence-corrected chi connectivity index (χ1v) is 9.94. The number of ether oxygens (including phenoxy) is 1. The molecule has 1 aromatic carbocycles. The molecular weight excluding hydrogens is 358 g/mol. The fourth-order valence-corrected chi connectivity index (χ4v) is 4.52. The number of sulfonamides is 1. The van der Waals surface area contributed by atoms with Crippen LogP contribution in [0.2, 0.25) is 0 Å². The van der Waals surface area contributed by atoms with Crippen LogP contribution < -0.4 is 15.4 Å². The zero-order valence-corrected chi connectivity index (χ0v) is 16.0. The highest BCUT2D eigenvalue weighted by molar-refractivity contribution is 7.89. The molecule has 2 rings (SSSR count). The first-order chi connectivity index (χ1) is 12.3. The maximum atomic E-state index is 12.9. The van der Waals surface area contributed by atoms with E-state index in [9.17, 15) is 18.0 Å². The van der Waals surface area contributed by atoms with Crippen molar-refractivity contribution in [3.8, 4) is 5.75 Å². The monoisotopic (exact) mass is 383 g/mol. The van der Waals surface area contributed by atoms with Crippen LogP contribution in [0.15, 0.2) is 29.2 Å². The van der Waals surface area contributed by atoms with Crippen LogP contribution in [-0.4, -0.2) is 56.8 Å². The third-order valence-corrected chi connectivity index (χ3v) is 6.08. The van der Waals surface area contributed by atoms with Gasteiger partial charge in [0, 0.05) is 25.2 Å². The van der Waals surface area contributed by atoms with Gasteiger partial charge in [-0.15, -0.1) is 0 Å². The third-order valence-electron chi connectivity index (χ3n) is 4.11. The number of carbonyl (C=O) groups is 2. The maximum Gasteiger partial charge on any atom is 0.309 e. The number of hydrogen-bond acceptors (Lipinski definition) is 5. The van der Waals surface area contributed by atoms with Crippen LogP contribution in [0.3, 0.4) is 0 Å². The van der Waals surface area contributed by atoms with E-state index in [0.717, 1.165) is 0 Å². The van der Waals surface area contributed by atoms with E-state index in [2.05, 4.69) is 10.6 Å². The van der Waals surface area contributed by atoms with Gasteiger partial charge in [0.2, 0.25) is 10.0 Å². The van der Waals surface area contributed by atoms with Gasteiger partial charge in [0.15, 0.2) is 0 Å². The number of nitrogens with zero attached hydrogens (tertiary/aromatic N) is 1. The van der Waals surface area contributed by atoms with Crippen LogP contribution >= 0.6 is 0 Å². The molecule has 1 aliphatic heterocycles.